The summed E-state index contributed by atoms with van der Waals surface area (Å²) < 4.78 is 16.1. The van der Waals surface area contributed by atoms with Gasteiger partial charge in [0.1, 0.15) is 18.8 Å². The SMILES string of the molecule is CCOc1cc(C=C2NC(=O)N(CC(=O)OC)C2=O)ccc1OCc1cccc(C)c1. The number of hydrogen-bond donors (Lipinski definition) is 1. The molecule has 2 aromatic carbocycles. The number of methoxy groups -OCH3 is 1. The van der Waals surface area contributed by atoms with Crippen LogP contribution in [0.2, 0.25) is 0 Å². The molecule has 0 radical (unpaired) electrons. The van der Waals surface area contributed by atoms with Crippen molar-refractivity contribution in [1.29, 1.82) is 0 Å². The minimum Gasteiger partial charge on any atom is -0.490 e. The topological polar surface area (TPSA) is 94.2 Å². The number of urea groups is 1. The highest BCUT2D eigenvalue weighted by molar-refractivity contribution is 6.15. The first-order valence-corrected chi connectivity index (χ1v) is 9.77. The van der Waals surface area contributed by atoms with Gasteiger partial charge < -0.3 is 19.5 Å². The van der Waals surface area contributed by atoms with Crippen LogP contribution in [0.15, 0.2) is 48.2 Å². The number of imide groups is 1. The second-order valence-electron chi connectivity index (χ2n) is 6.87. The van der Waals surface area contributed by atoms with Gasteiger partial charge >= 0.3 is 12.0 Å². The van der Waals surface area contributed by atoms with E-state index in [-0.39, 0.29) is 5.70 Å². The molecule has 1 N–H and O–H groups in total. The van der Waals surface area contributed by atoms with Crippen LogP contribution in [0.3, 0.4) is 0 Å². The molecule has 1 heterocycles. The zero-order valence-electron chi connectivity index (χ0n) is 17.6. The highest BCUT2D eigenvalue weighted by Gasteiger charge is 2.35. The summed E-state index contributed by atoms with van der Waals surface area (Å²) in [6.45, 7) is 4.25. The zero-order chi connectivity index (χ0) is 22.4. The number of amides is 3. The van der Waals surface area contributed by atoms with Crippen LogP contribution in [0.25, 0.3) is 6.08 Å². The molecule has 8 nitrogen and oxygen atoms in total. The van der Waals surface area contributed by atoms with Crippen molar-refractivity contribution in [3.63, 3.8) is 0 Å². The Balaban J connectivity index is 1.78. The number of ether oxygens (including phenoxy) is 3. The highest BCUT2D eigenvalue weighted by atomic mass is 16.5. The van der Waals surface area contributed by atoms with Gasteiger partial charge in [-0.25, -0.2) is 9.69 Å². The lowest BCUT2D eigenvalue weighted by Gasteiger charge is -2.13. The number of carbonyl (C=O) groups excluding carboxylic acids is 3. The fourth-order valence-corrected chi connectivity index (χ4v) is 3.04. The fourth-order valence-electron chi connectivity index (χ4n) is 3.04. The molecule has 3 rings (SSSR count). The Morgan fingerprint density at radius 2 is 1.90 bits per heavy atom. The summed E-state index contributed by atoms with van der Waals surface area (Å²) in [5, 5.41) is 2.47. The predicted molar refractivity (Wildman–Crippen MR) is 113 cm³/mol. The summed E-state index contributed by atoms with van der Waals surface area (Å²) in [5.74, 6) is -0.195. The van der Waals surface area contributed by atoms with Crippen molar-refractivity contribution in [2.45, 2.75) is 20.5 Å². The molecule has 1 saturated heterocycles. The maximum atomic E-state index is 12.4. The first-order valence-electron chi connectivity index (χ1n) is 9.77. The Bertz CT molecular complexity index is 1030. The van der Waals surface area contributed by atoms with Gasteiger partial charge in [-0.1, -0.05) is 35.9 Å². The van der Waals surface area contributed by atoms with Crippen LogP contribution in [0, 0.1) is 6.92 Å². The third-order valence-corrected chi connectivity index (χ3v) is 4.53. The van der Waals surface area contributed by atoms with Gasteiger partial charge in [0, 0.05) is 0 Å². The summed E-state index contributed by atoms with van der Waals surface area (Å²) >= 11 is 0. The van der Waals surface area contributed by atoms with Crippen molar-refractivity contribution < 1.29 is 28.6 Å². The number of nitrogens with one attached hydrogen (secondary N) is 1. The number of hydrogen-bond acceptors (Lipinski definition) is 6. The Morgan fingerprint density at radius 3 is 2.61 bits per heavy atom. The third kappa shape index (κ3) is 5.42. The molecule has 162 valence electrons. The molecular weight excluding hydrogens is 400 g/mol. The largest absolute Gasteiger partial charge is 0.490 e. The van der Waals surface area contributed by atoms with Crippen LogP contribution in [-0.2, 0) is 20.9 Å². The van der Waals surface area contributed by atoms with Crippen LogP contribution >= 0.6 is 0 Å². The first-order chi connectivity index (χ1) is 14.9. The monoisotopic (exact) mass is 424 g/mol. The van der Waals surface area contributed by atoms with Crippen LogP contribution in [0.5, 0.6) is 11.5 Å². The normalized spacial score (nSPS) is 14.5. The van der Waals surface area contributed by atoms with Gasteiger partial charge in [0.2, 0.25) is 0 Å². The quantitative estimate of drug-likeness (QED) is 0.398. The van der Waals surface area contributed by atoms with E-state index >= 15 is 0 Å². The average molecular weight is 424 g/mol. The molecule has 0 atom stereocenters. The lowest BCUT2D eigenvalue weighted by molar-refractivity contribution is -0.143. The standard InChI is InChI=1S/C23H24N2O6/c1-4-30-20-12-16(8-9-19(20)31-14-17-7-5-6-15(2)10-17)11-18-22(27)25(23(28)24-18)13-21(26)29-3/h5-12H,4,13-14H2,1-3H3,(H,24,28). The number of rotatable bonds is 8. The summed E-state index contributed by atoms with van der Waals surface area (Å²) in [6.07, 6.45) is 1.52. The van der Waals surface area contributed by atoms with Crippen molar-refractivity contribution in [2.75, 3.05) is 20.3 Å². The summed E-state index contributed by atoms with van der Waals surface area (Å²) in [6, 6.07) is 12.6. The molecular formula is C23H24N2O6. The van der Waals surface area contributed by atoms with E-state index in [1.807, 2.05) is 38.1 Å². The number of aryl methyl sites for hydroxylation is 1. The fraction of sp³-hybridized carbons (Fsp3) is 0.261. The highest BCUT2D eigenvalue weighted by Crippen LogP contribution is 2.30. The lowest BCUT2D eigenvalue weighted by Crippen LogP contribution is -2.36. The Morgan fingerprint density at radius 1 is 1.10 bits per heavy atom. The number of benzene rings is 2. The molecule has 8 heteroatoms. The Kier molecular flexibility index (Phi) is 6.92. The van der Waals surface area contributed by atoms with Crippen molar-refractivity contribution in [1.82, 2.24) is 10.2 Å². The number of esters is 1. The Hall–Kier alpha value is -3.81. The first kappa shape index (κ1) is 21.9. The number of carbonyl (C=O) groups is 3. The van der Waals surface area contributed by atoms with Crippen molar-refractivity contribution in [3.05, 3.63) is 64.9 Å². The van der Waals surface area contributed by atoms with E-state index in [1.54, 1.807) is 18.2 Å². The number of nitrogens with zero attached hydrogens (tertiary/aromatic N) is 1. The van der Waals surface area contributed by atoms with E-state index < -0.39 is 24.5 Å². The molecule has 0 unspecified atom stereocenters. The summed E-state index contributed by atoms with van der Waals surface area (Å²) in [5.41, 5.74) is 2.89. The van der Waals surface area contributed by atoms with Gasteiger partial charge in [-0.15, -0.1) is 0 Å². The second kappa shape index (κ2) is 9.80. The molecule has 0 saturated carbocycles. The maximum absolute atomic E-state index is 12.4. The third-order valence-electron chi connectivity index (χ3n) is 4.53. The van der Waals surface area contributed by atoms with Gasteiger partial charge in [0.15, 0.2) is 11.5 Å². The Labute approximate surface area is 180 Å². The van der Waals surface area contributed by atoms with Gasteiger partial charge in [-0.05, 0) is 43.2 Å². The molecule has 3 amide bonds. The van der Waals surface area contributed by atoms with Crippen LogP contribution in [0.1, 0.15) is 23.6 Å². The predicted octanol–water partition coefficient (Wildman–Crippen LogP) is 3.04. The van der Waals surface area contributed by atoms with Crippen molar-refractivity contribution in [2.24, 2.45) is 0 Å². The van der Waals surface area contributed by atoms with Crippen molar-refractivity contribution in [3.8, 4) is 11.5 Å². The van der Waals surface area contributed by atoms with Gasteiger partial charge in [0.25, 0.3) is 5.91 Å². The van der Waals surface area contributed by atoms with E-state index in [9.17, 15) is 14.4 Å². The summed E-state index contributed by atoms with van der Waals surface area (Å²) in [7, 11) is 1.19. The van der Waals surface area contributed by atoms with E-state index in [2.05, 4.69) is 10.1 Å². The van der Waals surface area contributed by atoms with E-state index in [4.69, 9.17) is 9.47 Å². The van der Waals surface area contributed by atoms with Crippen LogP contribution in [0.4, 0.5) is 4.79 Å². The smallest absolute Gasteiger partial charge is 0.329 e. The summed E-state index contributed by atoms with van der Waals surface area (Å²) in [4.78, 5) is 36.7. The van der Waals surface area contributed by atoms with E-state index in [0.717, 1.165) is 16.0 Å². The molecule has 1 fully saturated rings. The second-order valence-corrected chi connectivity index (χ2v) is 6.87. The molecule has 0 bridgehead atoms. The molecule has 0 aliphatic carbocycles. The van der Waals surface area contributed by atoms with Crippen LogP contribution in [-0.4, -0.2) is 43.1 Å². The minimum absolute atomic E-state index is 0.0600. The average Bonchev–Trinajstić information content (AvgIpc) is 3.00. The molecule has 31 heavy (non-hydrogen) atoms. The van der Waals surface area contributed by atoms with E-state index in [0.29, 0.717) is 30.3 Å². The molecule has 1 aliphatic heterocycles. The zero-order valence-corrected chi connectivity index (χ0v) is 17.6. The molecule has 1 aliphatic rings. The lowest BCUT2D eigenvalue weighted by atomic mass is 10.1. The maximum Gasteiger partial charge on any atom is 0.329 e. The van der Waals surface area contributed by atoms with E-state index in [1.165, 1.54) is 13.2 Å². The molecule has 0 aromatic heterocycles. The van der Waals surface area contributed by atoms with Gasteiger partial charge in [0.05, 0.1) is 13.7 Å². The van der Waals surface area contributed by atoms with Gasteiger partial charge in [-0.2, -0.15) is 0 Å². The minimum atomic E-state index is -0.682. The molecule has 2 aromatic rings. The van der Waals surface area contributed by atoms with Crippen LogP contribution < -0.4 is 14.8 Å². The van der Waals surface area contributed by atoms with Gasteiger partial charge in [-0.3, -0.25) is 9.59 Å². The van der Waals surface area contributed by atoms with Crippen molar-refractivity contribution >= 4 is 24.0 Å². The molecule has 0 spiro atoms.